The second-order valence-corrected chi connectivity index (χ2v) is 3.43. The van der Waals surface area contributed by atoms with E-state index in [0.29, 0.717) is 17.2 Å². The molecule has 1 aliphatic rings. The van der Waals surface area contributed by atoms with Gasteiger partial charge in [0.2, 0.25) is 0 Å². The zero-order valence-electron chi connectivity index (χ0n) is 9.52. The van der Waals surface area contributed by atoms with Crippen molar-refractivity contribution in [3.05, 3.63) is 18.2 Å². The molecule has 90 valence electrons. The minimum Gasteiger partial charge on any atom is -0.497 e. The third kappa shape index (κ3) is 1.89. The van der Waals surface area contributed by atoms with Crippen LogP contribution in [0.4, 0.5) is 10.5 Å². The van der Waals surface area contributed by atoms with Crippen LogP contribution in [-0.2, 0) is 4.79 Å². The van der Waals surface area contributed by atoms with Crippen LogP contribution < -0.4 is 19.7 Å². The molecule has 17 heavy (non-hydrogen) atoms. The molecule has 0 unspecified atom stereocenters. The molecule has 0 aliphatic carbocycles. The molecule has 0 saturated carbocycles. The lowest BCUT2D eigenvalue weighted by Gasteiger charge is -2.16. The molecule has 0 bridgehead atoms. The van der Waals surface area contributed by atoms with Crippen LogP contribution in [0.25, 0.3) is 0 Å². The molecule has 1 heterocycles. The first-order chi connectivity index (χ1) is 8.17. The largest absolute Gasteiger partial charge is 0.497 e. The van der Waals surface area contributed by atoms with Gasteiger partial charge in [-0.05, 0) is 12.1 Å². The van der Waals surface area contributed by atoms with Crippen LogP contribution in [-0.4, -0.2) is 32.7 Å². The van der Waals surface area contributed by atoms with Crippen molar-refractivity contribution >= 4 is 17.6 Å². The van der Waals surface area contributed by atoms with Gasteiger partial charge in [0, 0.05) is 6.07 Å². The lowest BCUT2D eigenvalue weighted by molar-refractivity contribution is -0.115. The van der Waals surface area contributed by atoms with Crippen LogP contribution in [0.15, 0.2) is 18.2 Å². The highest BCUT2D eigenvalue weighted by Gasteiger charge is 2.32. The second-order valence-electron chi connectivity index (χ2n) is 3.43. The van der Waals surface area contributed by atoms with E-state index < -0.39 is 6.03 Å². The predicted molar refractivity (Wildman–Crippen MR) is 60.4 cm³/mol. The van der Waals surface area contributed by atoms with Gasteiger partial charge in [-0.3, -0.25) is 4.79 Å². The molecular weight excluding hydrogens is 224 g/mol. The number of urea groups is 1. The quantitative estimate of drug-likeness (QED) is 0.787. The Labute approximate surface area is 98.1 Å². The van der Waals surface area contributed by atoms with Crippen LogP contribution >= 0.6 is 0 Å². The molecule has 0 spiro atoms. The van der Waals surface area contributed by atoms with E-state index in [1.807, 2.05) is 0 Å². The molecule has 2 rings (SSSR count). The number of anilines is 1. The highest BCUT2D eigenvalue weighted by atomic mass is 16.5. The van der Waals surface area contributed by atoms with Crippen molar-refractivity contribution in [3.8, 4) is 11.5 Å². The molecule has 1 aliphatic heterocycles. The summed E-state index contributed by atoms with van der Waals surface area (Å²) in [4.78, 5) is 24.2. The van der Waals surface area contributed by atoms with Gasteiger partial charge in [-0.25, -0.2) is 9.69 Å². The number of ether oxygens (including phenoxy) is 2. The number of benzene rings is 1. The Morgan fingerprint density at radius 2 is 2.00 bits per heavy atom. The average Bonchev–Trinajstić information content (AvgIpc) is 2.68. The van der Waals surface area contributed by atoms with Gasteiger partial charge < -0.3 is 14.8 Å². The van der Waals surface area contributed by atoms with Gasteiger partial charge in [-0.2, -0.15) is 0 Å². The fourth-order valence-electron chi connectivity index (χ4n) is 1.64. The lowest BCUT2D eigenvalue weighted by atomic mass is 10.2. The summed E-state index contributed by atoms with van der Waals surface area (Å²) in [5, 5.41) is 2.45. The first-order valence-corrected chi connectivity index (χ1v) is 5.00. The fraction of sp³-hybridized carbons (Fsp3) is 0.273. The summed E-state index contributed by atoms with van der Waals surface area (Å²) < 4.78 is 10.2. The molecule has 1 fully saturated rings. The number of hydrogen-bond acceptors (Lipinski definition) is 4. The van der Waals surface area contributed by atoms with Crippen molar-refractivity contribution < 1.29 is 19.1 Å². The van der Waals surface area contributed by atoms with Crippen molar-refractivity contribution in [2.45, 2.75) is 0 Å². The Bertz CT molecular complexity index is 457. The maximum atomic E-state index is 11.6. The SMILES string of the molecule is COc1ccc(OC)c(N2C(=O)CNC2=O)c1. The molecule has 3 amide bonds. The van der Waals surface area contributed by atoms with Crippen LogP contribution in [0.3, 0.4) is 0 Å². The first-order valence-electron chi connectivity index (χ1n) is 5.00. The Kier molecular flexibility index (Phi) is 2.86. The summed E-state index contributed by atoms with van der Waals surface area (Å²) in [6.45, 7) is -0.000796. The van der Waals surface area contributed by atoms with E-state index in [1.165, 1.54) is 14.2 Å². The lowest BCUT2D eigenvalue weighted by Crippen LogP contribution is -2.31. The molecule has 6 heteroatoms. The van der Waals surface area contributed by atoms with E-state index in [0.717, 1.165) is 4.90 Å². The highest BCUT2D eigenvalue weighted by molar-refractivity contribution is 6.20. The van der Waals surface area contributed by atoms with E-state index in [9.17, 15) is 9.59 Å². The number of methoxy groups -OCH3 is 2. The van der Waals surface area contributed by atoms with E-state index in [-0.39, 0.29) is 12.5 Å². The van der Waals surface area contributed by atoms with Crippen LogP contribution in [0.5, 0.6) is 11.5 Å². The third-order valence-electron chi connectivity index (χ3n) is 2.47. The van der Waals surface area contributed by atoms with Gasteiger partial charge >= 0.3 is 6.03 Å². The molecule has 0 aromatic heterocycles. The molecule has 0 radical (unpaired) electrons. The second kappa shape index (κ2) is 4.32. The number of carbonyl (C=O) groups is 2. The Balaban J connectivity index is 2.48. The third-order valence-corrected chi connectivity index (χ3v) is 2.47. The molecule has 6 nitrogen and oxygen atoms in total. The number of imide groups is 1. The van der Waals surface area contributed by atoms with Gasteiger partial charge in [0.25, 0.3) is 5.91 Å². The van der Waals surface area contributed by atoms with Crippen LogP contribution in [0, 0.1) is 0 Å². The normalized spacial score (nSPS) is 14.8. The van der Waals surface area contributed by atoms with Gasteiger partial charge in [0.05, 0.1) is 26.5 Å². The minimum atomic E-state index is -0.457. The number of amides is 3. The topological polar surface area (TPSA) is 67.9 Å². The number of rotatable bonds is 3. The molecule has 1 N–H and O–H groups in total. The van der Waals surface area contributed by atoms with Crippen LogP contribution in [0.2, 0.25) is 0 Å². The van der Waals surface area contributed by atoms with Gasteiger partial charge in [-0.1, -0.05) is 0 Å². The van der Waals surface area contributed by atoms with E-state index in [4.69, 9.17) is 9.47 Å². The van der Waals surface area contributed by atoms with Gasteiger partial charge in [0.15, 0.2) is 0 Å². The van der Waals surface area contributed by atoms with E-state index in [1.54, 1.807) is 18.2 Å². The van der Waals surface area contributed by atoms with Gasteiger partial charge in [-0.15, -0.1) is 0 Å². The molecule has 1 saturated heterocycles. The highest BCUT2D eigenvalue weighted by Crippen LogP contribution is 2.33. The van der Waals surface area contributed by atoms with E-state index in [2.05, 4.69) is 5.32 Å². The summed E-state index contributed by atoms with van der Waals surface area (Å²) in [6.07, 6.45) is 0. The smallest absolute Gasteiger partial charge is 0.329 e. The zero-order chi connectivity index (χ0) is 12.4. The number of hydrogen-bond donors (Lipinski definition) is 1. The zero-order valence-corrected chi connectivity index (χ0v) is 9.52. The van der Waals surface area contributed by atoms with Crippen LogP contribution in [0.1, 0.15) is 0 Å². The predicted octanol–water partition coefficient (Wildman–Crippen LogP) is 0.760. The Morgan fingerprint density at radius 1 is 1.24 bits per heavy atom. The summed E-state index contributed by atoms with van der Waals surface area (Å²) >= 11 is 0. The van der Waals surface area contributed by atoms with Crippen molar-refractivity contribution in [3.63, 3.8) is 0 Å². The summed E-state index contributed by atoms with van der Waals surface area (Å²) in [5.74, 6) is 0.672. The summed E-state index contributed by atoms with van der Waals surface area (Å²) in [6, 6.07) is 4.47. The van der Waals surface area contributed by atoms with Crippen molar-refractivity contribution in [2.24, 2.45) is 0 Å². The minimum absolute atomic E-state index is 0.000796. The first kappa shape index (κ1) is 11.3. The van der Waals surface area contributed by atoms with Gasteiger partial charge in [0.1, 0.15) is 11.5 Å². The van der Waals surface area contributed by atoms with Crippen molar-refractivity contribution in [1.82, 2.24) is 5.32 Å². The van der Waals surface area contributed by atoms with E-state index >= 15 is 0 Å². The molecule has 0 atom stereocenters. The number of carbonyl (C=O) groups excluding carboxylic acids is 2. The fourth-order valence-corrected chi connectivity index (χ4v) is 1.64. The summed E-state index contributed by atoms with van der Waals surface area (Å²) in [7, 11) is 2.99. The Morgan fingerprint density at radius 3 is 2.53 bits per heavy atom. The van der Waals surface area contributed by atoms with Crippen molar-refractivity contribution in [2.75, 3.05) is 25.7 Å². The van der Waals surface area contributed by atoms with Crippen molar-refractivity contribution in [1.29, 1.82) is 0 Å². The monoisotopic (exact) mass is 236 g/mol. The standard InChI is InChI=1S/C11H12N2O4/c1-16-7-3-4-9(17-2)8(5-7)13-10(14)6-12-11(13)15/h3-5H,6H2,1-2H3,(H,12,15). The molecular formula is C11H12N2O4. The molecule has 1 aromatic carbocycles. The molecule has 1 aromatic rings. The number of nitrogens with zero attached hydrogens (tertiary/aromatic N) is 1. The Hall–Kier alpha value is -2.24. The maximum Gasteiger partial charge on any atom is 0.329 e. The average molecular weight is 236 g/mol. The summed E-state index contributed by atoms with van der Waals surface area (Å²) in [5.41, 5.74) is 0.381. The maximum absolute atomic E-state index is 11.6. The number of nitrogens with one attached hydrogen (secondary N) is 1.